The van der Waals surface area contributed by atoms with Gasteiger partial charge in [-0.15, -0.1) is 0 Å². The highest BCUT2D eigenvalue weighted by molar-refractivity contribution is 7.26. The van der Waals surface area contributed by atoms with Crippen LogP contribution < -0.4 is 5.19 Å². The van der Waals surface area contributed by atoms with E-state index < -0.39 is 7.38 Å². The van der Waals surface area contributed by atoms with Crippen LogP contribution in [0.1, 0.15) is 71.1 Å². The molecule has 1 atom stereocenters. The van der Waals surface area contributed by atoms with E-state index in [4.69, 9.17) is 11.1 Å². The molecular weight excluding hydrogens is 292 g/mol. The van der Waals surface area contributed by atoms with Crippen LogP contribution >= 0.6 is 11.1 Å². The van der Waals surface area contributed by atoms with E-state index in [-0.39, 0.29) is 0 Å². The van der Waals surface area contributed by atoms with Crippen LogP contribution in [0.25, 0.3) is 0 Å². The van der Waals surface area contributed by atoms with Gasteiger partial charge in [0.1, 0.15) is 0 Å². The lowest BCUT2D eigenvalue weighted by Crippen LogP contribution is -2.38. The van der Waals surface area contributed by atoms with E-state index in [1.54, 1.807) is 0 Å². The second-order valence-corrected chi connectivity index (χ2v) is 12.5. The van der Waals surface area contributed by atoms with Gasteiger partial charge in [0, 0.05) is 0 Å². The number of hydrogen-bond donors (Lipinski definition) is 0. The predicted octanol–water partition coefficient (Wildman–Crippen LogP) is 6.63. The highest BCUT2D eigenvalue weighted by Gasteiger charge is 2.25. The molecule has 1 unspecified atom stereocenters. The Morgan fingerprint density at radius 1 is 0.762 bits per heavy atom. The molecule has 21 heavy (non-hydrogen) atoms. The van der Waals surface area contributed by atoms with Crippen LogP contribution in [-0.2, 0) is 0 Å². The molecule has 0 heterocycles. The summed E-state index contributed by atoms with van der Waals surface area (Å²) in [7, 11) is -1.70. The first-order valence-electron chi connectivity index (χ1n) is 8.91. The van der Waals surface area contributed by atoms with E-state index in [1.165, 1.54) is 75.4 Å². The molecule has 0 aliphatic rings. The number of halogens is 1. The Bertz CT molecular complexity index is 348. The first kappa shape index (κ1) is 18.8. The molecule has 0 aliphatic heterocycles. The van der Waals surface area contributed by atoms with Crippen LogP contribution in [0.15, 0.2) is 30.3 Å². The zero-order valence-electron chi connectivity index (χ0n) is 14.0. The third-order valence-electron chi connectivity index (χ3n) is 4.38. The first-order valence-corrected chi connectivity index (χ1v) is 12.6. The topological polar surface area (TPSA) is 0 Å². The summed E-state index contributed by atoms with van der Waals surface area (Å²) in [5, 5.41) is 1.39. The van der Waals surface area contributed by atoms with Crippen molar-refractivity contribution < 1.29 is 0 Å². The van der Waals surface area contributed by atoms with Gasteiger partial charge < -0.3 is 0 Å². The minimum absolute atomic E-state index is 1.22. The Balaban J connectivity index is 2.01. The summed E-state index contributed by atoms with van der Waals surface area (Å²) in [5.41, 5.74) is 0. The van der Waals surface area contributed by atoms with E-state index in [1.807, 2.05) is 0 Å². The van der Waals surface area contributed by atoms with Crippen molar-refractivity contribution >= 4 is 23.6 Å². The van der Waals surface area contributed by atoms with E-state index in [0.29, 0.717) is 0 Å². The molecule has 1 rings (SSSR count). The molecule has 0 bridgehead atoms. The van der Waals surface area contributed by atoms with Crippen LogP contribution in [0.3, 0.4) is 0 Å². The Hall–Kier alpha value is -0.273. The summed E-state index contributed by atoms with van der Waals surface area (Å²) < 4.78 is 0. The minimum atomic E-state index is -1.70. The van der Waals surface area contributed by atoms with Crippen molar-refractivity contribution in [1.29, 1.82) is 0 Å². The zero-order chi connectivity index (χ0) is 15.4. The summed E-state index contributed by atoms with van der Waals surface area (Å²) in [4.78, 5) is 0. The van der Waals surface area contributed by atoms with Crippen molar-refractivity contribution in [2.24, 2.45) is 0 Å². The Morgan fingerprint density at radius 2 is 1.24 bits per heavy atom. The molecule has 1 aromatic carbocycles. The SMILES string of the molecule is CCCCCCCCCCCC[Si](C)(Cl)c1ccccc1. The van der Waals surface area contributed by atoms with Gasteiger partial charge in [-0.05, 0) is 11.2 Å². The smallest absolute Gasteiger partial charge is 0.161 e. The van der Waals surface area contributed by atoms with Crippen LogP contribution in [0.4, 0.5) is 0 Å². The second kappa shape index (κ2) is 11.3. The summed E-state index contributed by atoms with van der Waals surface area (Å²) in [5.74, 6) is 0. The molecular formula is C19H33ClSi. The Labute approximate surface area is 138 Å². The monoisotopic (exact) mass is 324 g/mol. The van der Waals surface area contributed by atoms with E-state index in [9.17, 15) is 0 Å². The van der Waals surface area contributed by atoms with Crippen molar-refractivity contribution in [2.45, 2.75) is 83.7 Å². The first-order chi connectivity index (χ1) is 10.2. The highest BCUT2D eigenvalue weighted by atomic mass is 35.6. The minimum Gasteiger partial charge on any atom is -0.161 e. The van der Waals surface area contributed by atoms with E-state index in [0.717, 1.165) is 0 Å². The van der Waals surface area contributed by atoms with Gasteiger partial charge in [-0.1, -0.05) is 108 Å². The molecule has 0 amide bonds. The summed E-state index contributed by atoms with van der Waals surface area (Å²) in [6, 6.07) is 11.9. The number of unbranched alkanes of at least 4 members (excludes halogenated alkanes) is 9. The average Bonchev–Trinajstić information content (AvgIpc) is 2.50. The molecule has 0 saturated heterocycles. The fourth-order valence-electron chi connectivity index (χ4n) is 2.87. The maximum absolute atomic E-state index is 6.81. The maximum Gasteiger partial charge on any atom is 0.183 e. The van der Waals surface area contributed by atoms with Crippen LogP contribution in [0.2, 0.25) is 12.6 Å². The van der Waals surface area contributed by atoms with Gasteiger partial charge in [0.2, 0.25) is 0 Å². The quantitative estimate of drug-likeness (QED) is 0.230. The molecule has 0 radical (unpaired) electrons. The zero-order valence-corrected chi connectivity index (χ0v) is 15.8. The fraction of sp³-hybridized carbons (Fsp3) is 0.684. The van der Waals surface area contributed by atoms with Gasteiger partial charge in [0.25, 0.3) is 0 Å². The van der Waals surface area contributed by atoms with Crippen molar-refractivity contribution in [2.75, 3.05) is 0 Å². The third kappa shape index (κ3) is 8.68. The largest absolute Gasteiger partial charge is 0.183 e. The molecule has 0 fully saturated rings. The molecule has 120 valence electrons. The predicted molar refractivity (Wildman–Crippen MR) is 100 cm³/mol. The molecule has 1 aromatic rings. The molecule has 0 N–H and O–H groups in total. The highest BCUT2D eigenvalue weighted by Crippen LogP contribution is 2.20. The van der Waals surface area contributed by atoms with Crippen molar-refractivity contribution in [3.63, 3.8) is 0 Å². The third-order valence-corrected chi connectivity index (χ3v) is 8.43. The molecule has 0 spiro atoms. The fourth-order valence-corrected chi connectivity index (χ4v) is 5.74. The van der Waals surface area contributed by atoms with Crippen molar-refractivity contribution in [3.8, 4) is 0 Å². The number of rotatable bonds is 12. The van der Waals surface area contributed by atoms with Gasteiger partial charge in [-0.2, -0.15) is 11.1 Å². The average molecular weight is 325 g/mol. The normalized spacial score (nSPS) is 14.0. The standard InChI is InChI=1S/C19H33ClSi/c1-3-4-5-6-7-8-9-10-11-15-18-21(2,20)19-16-13-12-14-17-19/h12-14,16-17H,3-11,15,18H2,1-2H3. The Kier molecular flexibility index (Phi) is 10.1. The van der Waals surface area contributed by atoms with E-state index in [2.05, 4.69) is 43.8 Å². The van der Waals surface area contributed by atoms with Gasteiger partial charge in [0.15, 0.2) is 7.38 Å². The van der Waals surface area contributed by atoms with E-state index >= 15 is 0 Å². The summed E-state index contributed by atoms with van der Waals surface area (Å²) in [6.07, 6.45) is 14.0. The molecule has 0 aliphatic carbocycles. The van der Waals surface area contributed by atoms with Gasteiger partial charge in [0.05, 0.1) is 0 Å². The van der Waals surface area contributed by atoms with Crippen LogP contribution in [0, 0.1) is 0 Å². The lowest BCUT2D eigenvalue weighted by molar-refractivity contribution is 0.562. The van der Waals surface area contributed by atoms with Gasteiger partial charge >= 0.3 is 0 Å². The van der Waals surface area contributed by atoms with Gasteiger partial charge in [-0.3, -0.25) is 0 Å². The lowest BCUT2D eigenvalue weighted by Gasteiger charge is -2.19. The van der Waals surface area contributed by atoms with Crippen LogP contribution in [-0.4, -0.2) is 7.38 Å². The second-order valence-electron chi connectivity index (χ2n) is 6.50. The number of hydrogen-bond acceptors (Lipinski definition) is 0. The lowest BCUT2D eigenvalue weighted by atomic mass is 10.1. The molecule has 0 saturated carbocycles. The van der Waals surface area contributed by atoms with Crippen LogP contribution in [0.5, 0.6) is 0 Å². The maximum atomic E-state index is 6.81. The number of benzene rings is 1. The summed E-state index contributed by atoms with van der Waals surface area (Å²) >= 11 is 6.81. The summed E-state index contributed by atoms with van der Waals surface area (Å²) in [6.45, 7) is 4.57. The molecule has 0 nitrogen and oxygen atoms in total. The molecule has 2 heteroatoms. The Morgan fingerprint density at radius 3 is 1.76 bits per heavy atom. The van der Waals surface area contributed by atoms with Crippen molar-refractivity contribution in [3.05, 3.63) is 30.3 Å². The van der Waals surface area contributed by atoms with Crippen molar-refractivity contribution in [1.82, 2.24) is 0 Å². The van der Waals surface area contributed by atoms with Gasteiger partial charge in [-0.25, -0.2) is 0 Å². The molecule has 0 aromatic heterocycles.